The minimum Gasteiger partial charge on any atom is -0.504 e. The van der Waals surface area contributed by atoms with Gasteiger partial charge in [-0.15, -0.1) is 0 Å². The average molecular weight is 695 g/mol. The van der Waals surface area contributed by atoms with Gasteiger partial charge in [-0.2, -0.15) is 0 Å². The Hall–Kier alpha value is -4.93. The molecule has 4 atom stereocenters. The number of amides is 1. The third-order valence-electron chi connectivity index (χ3n) is 10.9. The van der Waals surface area contributed by atoms with Crippen LogP contribution < -0.4 is 23.7 Å². The van der Waals surface area contributed by atoms with Crippen molar-refractivity contribution in [2.45, 2.75) is 64.1 Å². The summed E-state index contributed by atoms with van der Waals surface area (Å²) in [4.78, 5) is 19.1. The van der Waals surface area contributed by atoms with Crippen molar-refractivity contribution in [1.29, 1.82) is 0 Å². The van der Waals surface area contributed by atoms with Crippen LogP contribution in [0.2, 0.25) is 0 Å². The summed E-state index contributed by atoms with van der Waals surface area (Å²) in [6, 6.07) is 18.1. The Morgan fingerprint density at radius 3 is 1.84 bits per heavy atom. The second-order valence-electron chi connectivity index (χ2n) is 13.5. The number of rotatable bonds is 11. The van der Waals surface area contributed by atoms with Crippen molar-refractivity contribution < 1.29 is 38.3 Å². The van der Waals surface area contributed by atoms with E-state index in [2.05, 4.69) is 4.90 Å². The molecule has 1 fully saturated rings. The molecule has 7 rings (SSSR count). The molecule has 10 nitrogen and oxygen atoms in total. The number of benzene rings is 4. The molecule has 3 heterocycles. The Balaban J connectivity index is 1.43. The molecular formula is C41H46N2O8. The van der Waals surface area contributed by atoms with Gasteiger partial charge in [0.2, 0.25) is 5.91 Å². The van der Waals surface area contributed by atoms with Crippen molar-refractivity contribution in [2.24, 2.45) is 0 Å². The first-order valence-corrected chi connectivity index (χ1v) is 17.3. The smallest absolute Gasteiger partial charge is 0.241 e. The Morgan fingerprint density at radius 2 is 1.25 bits per heavy atom. The van der Waals surface area contributed by atoms with E-state index in [4.69, 9.17) is 28.4 Å². The number of hydrogen-bond acceptors (Lipinski definition) is 9. The van der Waals surface area contributed by atoms with Gasteiger partial charge in [0.1, 0.15) is 18.1 Å². The lowest BCUT2D eigenvalue weighted by Gasteiger charge is -2.57. The molecule has 0 saturated carbocycles. The van der Waals surface area contributed by atoms with E-state index in [1.807, 2.05) is 86.5 Å². The van der Waals surface area contributed by atoms with Gasteiger partial charge in [-0.3, -0.25) is 9.69 Å². The highest BCUT2D eigenvalue weighted by Gasteiger charge is 2.56. The summed E-state index contributed by atoms with van der Waals surface area (Å²) < 4.78 is 37.1. The Bertz CT molecular complexity index is 1930. The highest BCUT2D eigenvalue weighted by molar-refractivity contribution is 5.87. The number of piperazine rings is 1. The van der Waals surface area contributed by atoms with E-state index in [9.17, 15) is 5.11 Å². The molecule has 3 aliphatic heterocycles. The molecule has 0 unspecified atom stereocenters. The number of likely N-dealkylation sites (N-methyl/N-ethyl adjacent to an activating group) is 1. The van der Waals surface area contributed by atoms with E-state index in [0.29, 0.717) is 65.9 Å². The minimum atomic E-state index is -0.555. The third-order valence-corrected chi connectivity index (χ3v) is 10.9. The molecule has 1 saturated heterocycles. The summed E-state index contributed by atoms with van der Waals surface area (Å²) >= 11 is 0. The third kappa shape index (κ3) is 5.61. The SMILES string of the molecule is COc1c(C)c(OC)c2c(c1O)[C@@H]1[C@@H]3Cc4c(OC)c(C)c(OC)c(OCc5ccccc5)c4[C@H](COCc4ccccc4)N3C(=O)[C@H](C2)N1C. The van der Waals surface area contributed by atoms with Crippen LogP contribution in [-0.4, -0.2) is 75.0 Å². The molecule has 1 N–H and O–H groups in total. The van der Waals surface area contributed by atoms with Crippen molar-refractivity contribution in [3.8, 4) is 34.5 Å². The number of phenols is 1. The number of aromatic hydroxyl groups is 1. The normalized spacial score (nSPS) is 20.6. The first kappa shape index (κ1) is 34.5. The second kappa shape index (κ2) is 14.0. The first-order chi connectivity index (χ1) is 24.7. The number of ether oxygens (including phenoxy) is 6. The van der Waals surface area contributed by atoms with Crippen molar-refractivity contribution in [2.75, 3.05) is 42.1 Å². The molecule has 10 heteroatoms. The fourth-order valence-corrected chi connectivity index (χ4v) is 8.69. The van der Waals surface area contributed by atoms with Gasteiger partial charge in [0.15, 0.2) is 23.0 Å². The van der Waals surface area contributed by atoms with Gasteiger partial charge in [-0.25, -0.2) is 0 Å². The molecule has 2 bridgehead atoms. The molecule has 51 heavy (non-hydrogen) atoms. The predicted molar refractivity (Wildman–Crippen MR) is 192 cm³/mol. The van der Waals surface area contributed by atoms with Gasteiger partial charge in [-0.05, 0) is 38.4 Å². The molecular weight excluding hydrogens is 648 g/mol. The summed E-state index contributed by atoms with van der Waals surface area (Å²) in [5.74, 6) is 2.86. The number of phenolic OH excluding ortho intramolecular Hbond substituents is 1. The molecule has 4 aromatic carbocycles. The van der Waals surface area contributed by atoms with E-state index in [-0.39, 0.29) is 24.3 Å². The van der Waals surface area contributed by atoms with Crippen LogP contribution in [-0.2, 0) is 35.6 Å². The quantitative estimate of drug-likeness (QED) is 0.196. The maximum absolute atomic E-state index is 15.0. The monoisotopic (exact) mass is 694 g/mol. The number of carbonyl (C=O) groups excluding carboxylic acids is 1. The summed E-state index contributed by atoms with van der Waals surface area (Å²) in [6.45, 7) is 4.70. The van der Waals surface area contributed by atoms with Crippen molar-refractivity contribution in [3.05, 3.63) is 105 Å². The Morgan fingerprint density at radius 1 is 0.706 bits per heavy atom. The maximum atomic E-state index is 15.0. The van der Waals surface area contributed by atoms with Crippen LogP contribution in [0.15, 0.2) is 60.7 Å². The van der Waals surface area contributed by atoms with E-state index in [1.165, 1.54) is 0 Å². The van der Waals surface area contributed by atoms with Crippen LogP contribution in [0.1, 0.15) is 56.6 Å². The van der Waals surface area contributed by atoms with Gasteiger partial charge < -0.3 is 38.4 Å². The van der Waals surface area contributed by atoms with Gasteiger partial charge in [-0.1, -0.05) is 60.7 Å². The highest BCUT2D eigenvalue weighted by atomic mass is 16.5. The lowest BCUT2D eigenvalue weighted by molar-refractivity contribution is -0.159. The van der Waals surface area contributed by atoms with Crippen LogP contribution in [0.5, 0.6) is 34.5 Å². The molecule has 0 spiro atoms. The number of hydrogen-bond donors (Lipinski definition) is 1. The van der Waals surface area contributed by atoms with E-state index in [1.54, 1.807) is 28.4 Å². The zero-order valence-corrected chi connectivity index (χ0v) is 30.3. The van der Waals surface area contributed by atoms with Crippen molar-refractivity contribution in [1.82, 2.24) is 9.80 Å². The fourth-order valence-electron chi connectivity index (χ4n) is 8.69. The van der Waals surface area contributed by atoms with Gasteiger partial charge in [0.25, 0.3) is 0 Å². The zero-order chi connectivity index (χ0) is 36.0. The van der Waals surface area contributed by atoms with Gasteiger partial charge in [0.05, 0.1) is 65.8 Å². The molecule has 0 aromatic heterocycles. The number of carbonyl (C=O) groups is 1. The maximum Gasteiger partial charge on any atom is 0.241 e. The van der Waals surface area contributed by atoms with Gasteiger partial charge >= 0.3 is 0 Å². The van der Waals surface area contributed by atoms with Crippen LogP contribution >= 0.6 is 0 Å². The van der Waals surface area contributed by atoms with Crippen molar-refractivity contribution in [3.63, 3.8) is 0 Å². The second-order valence-corrected chi connectivity index (χ2v) is 13.5. The van der Waals surface area contributed by atoms with Crippen LogP contribution in [0.25, 0.3) is 0 Å². The molecule has 0 radical (unpaired) electrons. The van der Waals surface area contributed by atoms with Gasteiger partial charge in [0, 0.05) is 39.8 Å². The average Bonchev–Trinajstić information content (AvgIpc) is 3.14. The first-order valence-electron chi connectivity index (χ1n) is 17.3. The highest BCUT2D eigenvalue weighted by Crippen LogP contribution is 2.58. The minimum absolute atomic E-state index is 0.0223. The van der Waals surface area contributed by atoms with E-state index in [0.717, 1.165) is 33.4 Å². The van der Waals surface area contributed by atoms with Crippen LogP contribution in [0.4, 0.5) is 0 Å². The summed E-state index contributed by atoms with van der Waals surface area (Å²) in [5.41, 5.74) is 6.82. The number of fused-ring (bicyclic) bond motifs is 7. The fraction of sp³-hybridized carbons (Fsp3) is 0.390. The Labute approximate surface area is 299 Å². The number of nitrogens with zero attached hydrogens (tertiary/aromatic N) is 2. The van der Waals surface area contributed by atoms with E-state index >= 15 is 4.79 Å². The Kier molecular flexibility index (Phi) is 9.48. The van der Waals surface area contributed by atoms with Crippen LogP contribution in [0.3, 0.4) is 0 Å². The molecule has 4 aromatic rings. The predicted octanol–water partition coefficient (Wildman–Crippen LogP) is 6.25. The topological polar surface area (TPSA) is 99.2 Å². The molecule has 268 valence electrons. The molecule has 3 aliphatic rings. The van der Waals surface area contributed by atoms with Crippen LogP contribution in [0, 0.1) is 13.8 Å². The zero-order valence-electron chi connectivity index (χ0n) is 30.3. The molecule has 0 aliphatic carbocycles. The molecule has 1 amide bonds. The standard InChI is InChI=1S/C41H46N2O8/c1-23-36(46-4)28-19-30-41(45)43-29(34(42(30)3)33(28)35(44)38(23)48-6)18-27-32(31(43)22-50-20-25-14-10-8-11-15-25)40(39(49-7)24(2)37(27)47-5)51-21-26-16-12-9-13-17-26/h8-17,29-31,34,44H,18-22H2,1-7H3/t29-,30-,31-,34-/m0/s1. The summed E-state index contributed by atoms with van der Waals surface area (Å²) in [5, 5.41) is 11.9. The van der Waals surface area contributed by atoms with Crippen molar-refractivity contribution >= 4 is 5.91 Å². The lowest BCUT2D eigenvalue weighted by Crippen LogP contribution is -2.67. The number of methoxy groups -OCH3 is 4. The lowest BCUT2D eigenvalue weighted by atomic mass is 9.73. The summed E-state index contributed by atoms with van der Waals surface area (Å²) in [6.07, 6.45) is 0.805. The summed E-state index contributed by atoms with van der Waals surface area (Å²) in [7, 11) is 8.43. The largest absolute Gasteiger partial charge is 0.504 e. The van der Waals surface area contributed by atoms with E-state index < -0.39 is 18.1 Å².